The average Bonchev–Trinajstić information content (AvgIpc) is 2.43. The van der Waals surface area contributed by atoms with Crippen molar-refractivity contribution in [1.29, 1.82) is 0 Å². The van der Waals surface area contributed by atoms with Crippen molar-refractivity contribution in [2.75, 3.05) is 6.54 Å². The first-order valence-corrected chi connectivity index (χ1v) is 7.06. The monoisotopic (exact) mass is 293 g/mol. The van der Waals surface area contributed by atoms with E-state index in [1.807, 2.05) is 30.3 Å². The summed E-state index contributed by atoms with van der Waals surface area (Å²) in [7, 11) is 0. The standard InChI is InChI=1S/C13H15N3O3S/c17-11(18)8-10-12(19)15-16-13(20-10)14-7-6-9-4-2-1-3-5-9/h1-5,10H,6-8H2,(H,14,16)(H,15,19)(H,17,18). The Kier molecular flexibility index (Phi) is 5.00. The summed E-state index contributed by atoms with van der Waals surface area (Å²) < 4.78 is 0. The molecule has 1 heterocycles. The summed E-state index contributed by atoms with van der Waals surface area (Å²) in [4.78, 5) is 26.5. The quantitative estimate of drug-likeness (QED) is 0.747. The summed E-state index contributed by atoms with van der Waals surface area (Å²) in [6.45, 7) is 0.578. The van der Waals surface area contributed by atoms with Gasteiger partial charge in [-0.2, -0.15) is 0 Å². The molecule has 0 spiro atoms. The van der Waals surface area contributed by atoms with Crippen LogP contribution in [0.15, 0.2) is 35.3 Å². The third kappa shape index (κ3) is 4.27. The maximum absolute atomic E-state index is 11.5. The lowest BCUT2D eigenvalue weighted by Crippen LogP contribution is -2.51. The van der Waals surface area contributed by atoms with Gasteiger partial charge in [0, 0.05) is 6.54 Å². The Morgan fingerprint density at radius 1 is 1.30 bits per heavy atom. The molecule has 1 fully saturated rings. The fourth-order valence-electron chi connectivity index (χ4n) is 1.71. The molecule has 2 rings (SSSR count). The normalized spacial score (nSPS) is 20.3. The second kappa shape index (κ2) is 6.95. The third-order valence-electron chi connectivity index (χ3n) is 2.70. The minimum atomic E-state index is -0.997. The van der Waals surface area contributed by atoms with Gasteiger partial charge in [0.1, 0.15) is 5.25 Å². The van der Waals surface area contributed by atoms with Crippen molar-refractivity contribution < 1.29 is 14.7 Å². The summed E-state index contributed by atoms with van der Waals surface area (Å²) in [5, 5.41) is 8.65. The van der Waals surface area contributed by atoms with Gasteiger partial charge < -0.3 is 5.11 Å². The molecular formula is C13H15N3O3S. The molecule has 0 bridgehead atoms. The molecule has 1 amide bonds. The van der Waals surface area contributed by atoms with Crippen LogP contribution in [0.5, 0.6) is 0 Å². The number of amides is 1. The molecule has 0 aromatic heterocycles. The van der Waals surface area contributed by atoms with Gasteiger partial charge in [0.05, 0.1) is 6.42 Å². The number of hydrogen-bond donors (Lipinski definition) is 3. The molecule has 1 saturated heterocycles. The first-order valence-electron chi connectivity index (χ1n) is 6.18. The number of hydrogen-bond acceptors (Lipinski definition) is 4. The molecule has 1 atom stereocenters. The van der Waals surface area contributed by atoms with E-state index in [4.69, 9.17) is 5.11 Å². The molecule has 1 unspecified atom stereocenters. The van der Waals surface area contributed by atoms with E-state index in [2.05, 4.69) is 15.8 Å². The highest BCUT2D eigenvalue weighted by atomic mass is 32.2. The van der Waals surface area contributed by atoms with Crippen molar-refractivity contribution in [1.82, 2.24) is 10.9 Å². The Balaban J connectivity index is 1.87. The number of aliphatic imine (C=N–C) groups is 1. The number of carbonyl (C=O) groups excluding carboxylic acids is 1. The predicted molar refractivity (Wildman–Crippen MR) is 77.4 cm³/mol. The van der Waals surface area contributed by atoms with E-state index < -0.39 is 11.2 Å². The van der Waals surface area contributed by atoms with E-state index in [0.717, 1.165) is 18.2 Å². The van der Waals surface area contributed by atoms with Crippen LogP contribution in [-0.2, 0) is 16.0 Å². The maximum atomic E-state index is 11.5. The molecule has 1 aliphatic rings. The smallest absolute Gasteiger partial charge is 0.305 e. The van der Waals surface area contributed by atoms with E-state index in [0.29, 0.717) is 11.7 Å². The maximum Gasteiger partial charge on any atom is 0.305 e. The van der Waals surface area contributed by atoms with Crippen molar-refractivity contribution in [2.45, 2.75) is 18.1 Å². The fourth-order valence-corrected chi connectivity index (χ4v) is 2.65. The SMILES string of the molecule is O=C(O)CC1SC(=NCCc2ccccc2)NNC1=O. The number of nitrogens with one attached hydrogen (secondary N) is 2. The zero-order chi connectivity index (χ0) is 14.4. The van der Waals surface area contributed by atoms with E-state index >= 15 is 0 Å². The zero-order valence-electron chi connectivity index (χ0n) is 10.7. The van der Waals surface area contributed by atoms with Gasteiger partial charge in [0.2, 0.25) is 0 Å². The van der Waals surface area contributed by atoms with Crippen LogP contribution >= 0.6 is 11.8 Å². The number of carboxylic acids is 1. The number of benzene rings is 1. The van der Waals surface area contributed by atoms with Gasteiger partial charge in [-0.3, -0.25) is 25.4 Å². The van der Waals surface area contributed by atoms with Crippen molar-refractivity contribution >= 4 is 28.8 Å². The molecule has 3 N–H and O–H groups in total. The summed E-state index contributed by atoms with van der Waals surface area (Å²) in [5.74, 6) is -1.33. The third-order valence-corrected chi connectivity index (χ3v) is 3.82. The molecular weight excluding hydrogens is 278 g/mol. The minimum absolute atomic E-state index is 0.212. The van der Waals surface area contributed by atoms with Crippen LogP contribution in [0, 0.1) is 0 Å². The first-order chi connectivity index (χ1) is 9.65. The van der Waals surface area contributed by atoms with E-state index in [1.165, 1.54) is 5.56 Å². The number of amidine groups is 1. The zero-order valence-corrected chi connectivity index (χ0v) is 11.5. The Labute approximate surface area is 120 Å². The topological polar surface area (TPSA) is 90.8 Å². The molecule has 7 heteroatoms. The van der Waals surface area contributed by atoms with Crippen molar-refractivity contribution in [3.8, 4) is 0 Å². The number of carbonyl (C=O) groups is 2. The highest BCUT2D eigenvalue weighted by Gasteiger charge is 2.28. The van der Waals surface area contributed by atoms with Crippen molar-refractivity contribution in [2.24, 2.45) is 4.99 Å². The molecule has 0 aliphatic carbocycles. The van der Waals surface area contributed by atoms with Gasteiger partial charge in [0.15, 0.2) is 5.17 Å². The van der Waals surface area contributed by atoms with Crippen LogP contribution in [0.1, 0.15) is 12.0 Å². The Bertz CT molecular complexity index is 519. The van der Waals surface area contributed by atoms with Crippen molar-refractivity contribution in [3.63, 3.8) is 0 Å². The highest BCUT2D eigenvalue weighted by Crippen LogP contribution is 2.18. The van der Waals surface area contributed by atoms with Crippen LogP contribution in [-0.4, -0.2) is 33.9 Å². The van der Waals surface area contributed by atoms with E-state index in [9.17, 15) is 9.59 Å². The van der Waals surface area contributed by atoms with E-state index in [-0.39, 0.29) is 12.3 Å². The number of carboxylic acid groups (broad SMARTS) is 1. The van der Waals surface area contributed by atoms with Gasteiger partial charge in [-0.05, 0) is 12.0 Å². The number of thioether (sulfide) groups is 1. The van der Waals surface area contributed by atoms with Gasteiger partial charge in [-0.15, -0.1) is 0 Å². The van der Waals surface area contributed by atoms with Gasteiger partial charge >= 0.3 is 5.97 Å². The molecule has 1 aromatic rings. The average molecular weight is 293 g/mol. The summed E-state index contributed by atoms with van der Waals surface area (Å²) >= 11 is 1.15. The molecule has 0 radical (unpaired) electrons. The summed E-state index contributed by atoms with van der Waals surface area (Å²) in [6, 6.07) is 9.95. The molecule has 1 aliphatic heterocycles. The number of rotatable bonds is 5. The minimum Gasteiger partial charge on any atom is -0.481 e. The molecule has 6 nitrogen and oxygen atoms in total. The van der Waals surface area contributed by atoms with Crippen LogP contribution < -0.4 is 10.9 Å². The van der Waals surface area contributed by atoms with Crippen LogP contribution in [0.4, 0.5) is 0 Å². The van der Waals surface area contributed by atoms with Gasteiger partial charge in [0.25, 0.3) is 5.91 Å². The van der Waals surface area contributed by atoms with E-state index in [1.54, 1.807) is 0 Å². The lowest BCUT2D eigenvalue weighted by Gasteiger charge is -2.22. The Hall–Kier alpha value is -2.02. The van der Waals surface area contributed by atoms with Crippen LogP contribution in [0.3, 0.4) is 0 Å². The predicted octanol–water partition coefficient (Wildman–Crippen LogP) is 0.796. The molecule has 0 saturated carbocycles. The van der Waals surface area contributed by atoms with Gasteiger partial charge in [-0.1, -0.05) is 42.1 Å². The Morgan fingerprint density at radius 3 is 2.75 bits per heavy atom. The van der Waals surface area contributed by atoms with Crippen LogP contribution in [0.2, 0.25) is 0 Å². The molecule has 106 valence electrons. The molecule has 1 aromatic carbocycles. The van der Waals surface area contributed by atoms with Crippen molar-refractivity contribution in [3.05, 3.63) is 35.9 Å². The van der Waals surface area contributed by atoms with Gasteiger partial charge in [-0.25, -0.2) is 0 Å². The number of nitrogens with zero attached hydrogens (tertiary/aromatic N) is 1. The second-order valence-electron chi connectivity index (χ2n) is 4.24. The largest absolute Gasteiger partial charge is 0.481 e. The molecule has 20 heavy (non-hydrogen) atoms. The summed E-state index contributed by atoms with van der Waals surface area (Å²) in [6.07, 6.45) is 0.583. The lowest BCUT2D eigenvalue weighted by atomic mass is 10.2. The van der Waals surface area contributed by atoms with Crippen LogP contribution in [0.25, 0.3) is 0 Å². The Morgan fingerprint density at radius 2 is 2.05 bits per heavy atom. The first kappa shape index (κ1) is 14.4. The number of aliphatic carboxylic acids is 1. The number of hydrazine groups is 1. The fraction of sp³-hybridized carbons (Fsp3) is 0.308. The highest BCUT2D eigenvalue weighted by molar-refractivity contribution is 8.15. The lowest BCUT2D eigenvalue weighted by molar-refractivity contribution is -0.138. The second-order valence-corrected chi connectivity index (χ2v) is 5.43. The summed E-state index contributed by atoms with van der Waals surface area (Å²) in [5.41, 5.74) is 6.30.